The lowest BCUT2D eigenvalue weighted by Crippen LogP contribution is -2.31. The summed E-state index contributed by atoms with van der Waals surface area (Å²) in [5, 5.41) is 2.12. The third kappa shape index (κ3) is 3.80. The van der Waals surface area contributed by atoms with Crippen LogP contribution >= 0.6 is 11.3 Å². The summed E-state index contributed by atoms with van der Waals surface area (Å²) in [5.74, 6) is 0.940. The summed E-state index contributed by atoms with van der Waals surface area (Å²) in [6.07, 6.45) is 4.98. The molecular weight excluding hydrogens is 358 g/mol. The van der Waals surface area contributed by atoms with Crippen LogP contribution in [0.25, 0.3) is 16.2 Å². The lowest BCUT2D eigenvalue weighted by Gasteiger charge is -2.21. The molecule has 0 aliphatic rings. The Balaban J connectivity index is 1.52. The third-order valence-electron chi connectivity index (χ3n) is 4.57. The van der Waals surface area contributed by atoms with Gasteiger partial charge < -0.3 is 9.32 Å². The number of carbonyl (C=O) groups excluding carboxylic acids is 1. The van der Waals surface area contributed by atoms with Gasteiger partial charge in [-0.1, -0.05) is 37.3 Å². The fourth-order valence-corrected chi connectivity index (χ4v) is 4.02. The van der Waals surface area contributed by atoms with Crippen LogP contribution in [0.4, 0.5) is 0 Å². The first-order valence-corrected chi connectivity index (χ1v) is 9.93. The molecule has 0 fully saturated rings. The van der Waals surface area contributed by atoms with Crippen LogP contribution in [-0.2, 0) is 17.8 Å². The highest BCUT2D eigenvalue weighted by molar-refractivity contribution is 7.15. The molecule has 27 heavy (non-hydrogen) atoms. The molecule has 0 saturated heterocycles. The van der Waals surface area contributed by atoms with E-state index in [0.29, 0.717) is 19.5 Å². The highest BCUT2D eigenvalue weighted by Gasteiger charge is 2.15. The summed E-state index contributed by atoms with van der Waals surface area (Å²) < 4.78 is 7.54. The van der Waals surface area contributed by atoms with E-state index in [0.717, 1.165) is 34.1 Å². The Bertz CT molecular complexity index is 1020. The normalized spacial score (nSPS) is 11.1. The lowest BCUT2D eigenvalue weighted by molar-refractivity contribution is -0.131. The van der Waals surface area contributed by atoms with Crippen LogP contribution in [0.1, 0.15) is 24.8 Å². The van der Waals surface area contributed by atoms with Crippen molar-refractivity contribution in [1.29, 1.82) is 0 Å². The minimum absolute atomic E-state index is 0.133. The van der Waals surface area contributed by atoms with Gasteiger partial charge in [-0.25, -0.2) is 4.98 Å². The van der Waals surface area contributed by atoms with Gasteiger partial charge in [0.25, 0.3) is 0 Å². The van der Waals surface area contributed by atoms with Crippen molar-refractivity contribution in [3.63, 3.8) is 0 Å². The monoisotopic (exact) mass is 379 g/mol. The molecule has 4 aromatic rings. The molecule has 0 bridgehead atoms. The number of thiazole rings is 1. The van der Waals surface area contributed by atoms with Crippen molar-refractivity contribution in [3.05, 3.63) is 71.8 Å². The van der Waals surface area contributed by atoms with E-state index in [1.54, 1.807) is 17.6 Å². The smallest absolute Gasteiger partial charge is 0.222 e. The van der Waals surface area contributed by atoms with Gasteiger partial charge in [-0.3, -0.25) is 9.20 Å². The number of hydrogen-bond acceptors (Lipinski definition) is 4. The van der Waals surface area contributed by atoms with Crippen LogP contribution < -0.4 is 0 Å². The van der Waals surface area contributed by atoms with E-state index in [4.69, 9.17) is 9.40 Å². The molecule has 0 unspecified atom stereocenters. The third-order valence-corrected chi connectivity index (χ3v) is 5.46. The molecule has 4 rings (SSSR count). The second kappa shape index (κ2) is 7.80. The first kappa shape index (κ1) is 17.5. The molecular formula is C21H21N3O2S. The summed E-state index contributed by atoms with van der Waals surface area (Å²) in [6, 6.07) is 13.9. The van der Waals surface area contributed by atoms with E-state index < -0.39 is 0 Å². The number of nitrogens with zero attached hydrogens (tertiary/aromatic N) is 3. The number of imidazole rings is 1. The minimum Gasteiger partial charge on any atom is -0.467 e. The zero-order chi connectivity index (χ0) is 18.6. The molecule has 138 valence electrons. The van der Waals surface area contributed by atoms with Gasteiger partial charge in [-0.15, -0.1) is 11.3 Å². The summed E-state index contributed by atoms with van der Waals surface area (Å²) >= 11 is 1.63. The second-order valence-electron chi connectivity index (χ2n) is 6.37. The molecule has 3 heterocycles. The van der Waals surface area contributed by atoms with Gasteiger partial charge in [0.05, 0.1) is 18.5 Å². The SMILES string of the molecule is CCC(=O)N(CCc1csc2nc(-c3ccccc3)cn12)Cc1ccco1. The molecule has 0 saturated carbocycles. The maximum absolute atomic E-state index is 12.3. The average molecular weight is 379 g/mol. The number of hydrogen-bond donors (Lipinski definition) is 0. The Kier molecular flexibility index (Phi) is 5.07. The molecule has 6 heteroatoms. The van der Waals surface area contributed by atoms with Gasteiger partial charge in [0.1, 0.15) is 5.76 Å². The van der Waals surface area contributed by atoms with E-state index >= 15 is 0 Å². The molecule has 0 radical (unpaired) electrons. The van der Waals surface area contributed by atoms with Crippen molar-refractivity contribution in [2.75, 3.05) is 6.54 Å². The first-order valence-electron chi connectivity index (χ1n) is 9.05. The van der Waals surface area contributed by atoms with Crippen LogP contribution in [-0.4, -0.2) is 26.7 Å². The predicted molar refractivity (Wildman–Crippen MR) is 107 cm³/mol. The molecule has 0 N–H and O–H groups in total. The standard InChI is InChI=1S/C21H21N3O2S/c1-2-20(25)23(13-18-9-6-12-26-18)11-10-17-15-27-21-22-19(14-24(17)21)16-7-4-3-5-8-16/h3-9,12,14-15H,2,10-11,13H2,1H3. The Morgan fingerprint density at radius 1 is 1.22 bits per heavy atom. The second-order valence-corrected chi connectivity index (χ2v) is 7.21. The number of furan rings is 1. The van der Waals surface area contributed by atoms with E-state index in [1.807, 2.05) is 42.2 Å². The Hall–Kier alpha value is -2.86. The van der Waals surface area contributed by atoms with Crippen LogP contribution in [0.3, 0.4) is 0 Å². The first-order chi connectivity index (χ1) is 13.2. The van der Waals surface area contributed by atoms with E-state index in [9.17, 15) is 4.79 Å². The molecule has 3 aromatic heterocycles. The van der Waals surface area contributed by atoms with Crippen LogP contribution in [0.15, 0.2) is 64.7 Å². The topological polar surface area (TPSA) is 50.8 Å². The largest absolute Gasteiger partial charge is 0.467 e. The zero-order valence-corrected chi connectivity index (χ0v) is 16.0. The van der Waals surface area contributed by atoms with Crippen molar-refractivity contribution in [2.45, 2.75) is 26.3 Å². The number of aromatic nitrogens is 2. The van der Waals surface area contributed by atoms with Gasteiger partial charge in [-0.2, -0.15) is 0 Å². The molecule has 5 nitrogen and oxygen atoms in total. The summed E-state index contributed by atoms with van der Waals surface area (Å²) in [4.78, 5) is 19.9. The summed E-state index contributed by atoms with van der Waals surface area (Å²) in [6.45, 7) is 3.05. The number of rotatable bonds is 7. The van der Waals surface area contributed by atoms with E-state index in [1.165, 1.54) is 0 Å². The number of amides is 1. The lowest BCUT2D eigenvalue weighted by atomic mass is 10.2. The molecule has 0 spiro atoms. The van der Waals surface area contributed by atoms with Gasteiger partial charge in [0.2, 0.25) is 5.91 Å². The van der Waals surface area contributed by atoms with Gasteiger partial charge in [-0.05, 0) is 12.1 Å². The Labute approximate surface area is 161 Å². The number of benzene rings is 1. The molecule has 1 amide bonds. The summed E-state index contributed by atoms with van der Waals surface area (Å²) in [7, 11) is 0. The molecule has 1 aromatic carbocycles. The van der Waals surface area contributed by atoms with Crippen molar-refractivity contribution in [1.82, 2.24) is 14.3 Å². The maximum atomic E-state index is 12.3. The van der Waals surface area contributed by atoms with Crippen molar-refractivity contribution < 1.29 is 9.21 Å². The van der Waals surface area contributed by atoms with Crippen LogP contribution in [0, 0.1) is 0 Å². The molecule has 0 aliphatic heterocycles. The Morgan fingerprint density at radius 2 is 2.07 bits per heavy atom. The number of carbonyl (C=O) groups is 1. The van der Waals surface area contributed by atoms with Crippen LogP contribution in [0.5, 0.6) is 0 Å². The molecule has 0 atom stereocenters. The quantitative estimate of drug-likeness (QED) is 0.470. The predicted octanol–water partition coefficient (Wildman–Crippen LogP) is 4.64. The Morgan fingerprint density at radius 3 is 2.81 bits per heavy atom. The fraction of sp³-hybridized carbons (Fsp3) is 0.238. The number of fused-ring (bicyclic) bond motifs is 1. The fourth-order valence-electron chi connectivity index (χ4n) is 3.11. The highest BCUT2D eigenvalue weighted by Crippen LogP contribution is 2.24. The van der Waals surface area contributed by atoms with E-state index in [-0.39, 0.29) is 5.91 Å². The average Bonchev–Trinajstić information content (AvgIpc) is 3.43. The van der Waals surface area contributed by atoms with Crippen LogP contribution in [0.2, 0.25) is 0 Å². The van der Waals surface area contributed by atoms with E-state index in [2.05, 4.69) is 28.1 Å². The highest BCUT2D eigenvalue weighted by atomic mass is 32.1. The van der Waals surface area contributed by atoms with Crippen molar-refractivity contribution in [2.24, 2.45) is 0 Å². The minimum atomic E-state index is 0.133. The van der Waals surface area contributed by atoms with Gasteiger partial charge in [0, 0.05) is 42.2 Å². The van der Waals surface area contributed by atoms with Gasteiger partial charge in [0.15, 0.2) is 4.96 Å². The maximum Gasteiger partial charge on any atom is 0.222 e. The van der Waals surface area contributed by atoms with Crippen molar-refractivity contribution >= 4 is 22.2 Å². The molecule has 0 aliphatic carbocycles. The van der Waals surface area contributed by atoms with Gasteiger partial charge >= 0.3 is 0 Å². The summed E-state index contributed by atoms with van der Waals surface area (Å²) in [5.41, 5.74) is 3.25. The zero-order valence-electron chi connectivity index (χ0n) is 15.2. The van der Waals surface area contributed by atoms with Crippen molar-refractivity contribution in [3.8, 4) is 11.3 Å².